The Morgan fingerprint density at radius 2 is 1.45 bits per heavy atom. The van der Waals surface area contributed by atoms with Crippen molar-refractivity contribution in [1.82, 2.24) is 14.9 Å². The molecule has 6 heteroatoms. The number of fused-ring (bicyclic) bond motifs is 1. The van der Waals surface area contributed by atoms with Crippen molar-refractivity contribution >= 4 is 16.9 Å². The lowest BCUT2D eigenvalue weighted by molar-refractivity contribution is 0.0755. The van der Waals surface area contributed by atoms with E-state index in [4.69, 9.17) is 18.8 Å². The van der Waals surface area contributed by atoms with E-state index in [1.54, 1.807) is 24.7 Å². The highest BCUT2D eigenvalue weighted by Gasteiger charge is 2.19. The monoisotopic (exact) mass is 389 g/mol. The summed E-state index contributed by atoms with van der Waals surface area (Å²) < 4.78 is 11.1. The van der Waals surface area contributed by atoms with Gasteiger partial charge in [-0.2, -0.15) is 0 Å². The lowest BCUT2D eigenvalue weighted by Crippen LogP contribution is -2.32. The van der Waals surface area contributed by atoms with Gasteiger partial charge in [0, 0.05) is 18.7 Å². The number of carbonyl (C=O) groups is 1. The summed E-state index contributed by atoms with van der Waals surface area (Å²) in [6.45, 7) is 5.64. The standard InChI is InChI=1S/C23H23N3O3/c1-3-11-26(12-4-2)23(27)16-9-10-17-18(15-16)25-22(20-8-6-14-29-20)21(24-17)19-7-5-13-28-19/h5-10,13-15H,3-4,11-12H2,1-2H3. The highest BCUT2D eigenvalue weighted by atomic mass is 16.3. The van der Waals surface area contributed by atoms with Gasteiger partial charge < -0.3 is 13.7 Å². The van der Waals surface area contributed by atoms with Crippen LogP contribution in [0.4, 0.5) is 0 Å². The molecule has 0 bridgehead atoms. The van der Waals surface area contributed by atoms with Gasteiger partial charge in [-0.25, -0.2) is 9.97 Å². The number of rotatable bonds is 7. The van der Waals surface area contributed by atoms with Gasteiger partial charge >= 0.3 is 0 Å². The van der Waals surface area contributed by atoms with Gasteiger partial charge in [0.1, 0.15) is 11.4 Å². The average Bonchev–Trinajstić information content (AvgIpc) is 3.46. The van der Waals surface area contributed by atoms with Crippen molar-refractivity contribution in [3.63, 3.8) is 0 Å². The Morgan fingerprint density at radius 3 is 1.97 bits per heavy atom. The van der Waals surface area contributed by atoms with Crippen LogP contribution in [0.3, 0.4) is 0 Å². The summed E-state index contributed by atoms with van der Waals surface area (Å²) in [5, 5.41) is 0. The Morgan fingerprint density at radius 1 is 0.862 bits per heavy atom. The van der Waals surface area contributed by atoms with Crippen LogP contribution in [0.15, 0.2) is 63.8 Å². The van der Waals surface area contributed by atoms with Crippen LogP contribution in [-0.2, 0) is 0 Å². The molecule has 148 valence electrons. The average molecular weight is 389 g/mol. The van der Waals surface area contributed by atoms with E-state index < -0.39 is 0 Å². The van der Waals surface area contributed by atoms with E-state index in [1.165, 1.54) is 0 Å². The summed E-state index contributed by atoms with van der Waals surface area (Å²) in [5.41, 5.74) is 3.15. The molecule has 0 aliphatic heterocycles. The Balaban J connectivity index is 1.81. The molecule has 29 heavy (non-hydrogen) atoms. The highest BCUT2D eigenvalue weighted by Crippen LogP contribution is 2.31. The number of hydrogen-bond donors (Lipinski definition) is 0. The predicted molar refractivity (Wildman–Crippen MR) is 111 cm³/mol. The molecular weight excluding hydrogens is 366 g/mol. The zero-order valence-electron chi connectivity index (χ0n) is 16.6. The quantitative estimate of drug-likeness (QED) is 0.422. The number of hydrogen-bond acceptors (Lipinski definition) is 5. The van der Waals surface area contributed by atoms with Crippen molar-refractivity contribution in [2.24, 2.45) is 0 Å². The molecule has 0 radical (unpaired) electrons. The maximum absolute atomic E-state index is 13.0. The zero-order valence-corrected chi connectivity index (χ0v) is 16.6. The van der Waals surface area contributed by atoms with E-state index in [0.717, 1.165) is 25.9 Å². The van der Waals surface area contributed by atoms with Gasteiger partial charge in [0.2, 0.25) is 0 Å². The van der Waals surface area contributed by atoms with Crippen molar-refractivity contribution in [2.45, 2.75) is 26.7 Å². The van der Waals surface area contributed by atoms with Crippen molar-refractivity contribution in [2.75, 3.05) is 13.1 Å². The summed E-state index contributed by atoms with van der Waals surface area (Å²) in [5.74, 6) is 1.23. The fourth-order valence-corrected chi connectivity index (χ4v) is 3.39. The summed E-state index contributed by atoms with van der Waals surface area (Å²) in [7, 11) is 0. The van der Waals surface area contributed by atoms with Gasteiger partial charge in [-0.05, 0) is 55.3 Å². The Bertz CT molecular complexity index is 1100. The number of benzene rings is 1. The summed E-state index contributed by atoms with van der Waals surface area (Å²) in [6, 6.07) is 12.8. The maximum atomic E-state index is 13.0. The topological polar surface area (TPSA) is 72.4 Å². The molecule has 0 N–H and O–H groups in total. The second-order valence-corrected chi connectivity index (χ2v) is 6.87. The van der Waals surface area contributed by atoms with Crippen molar-refractivity contribution in [3.05, 3.63) is 60.6 Å². The lowest BCUT2D eigenvalue weighted by atomic mass is 10.1. The Kier molecular flexibility index (Phi) is 5.42. The van der Waals surface area contributed by atoms with Gasteiger partial charge in [-0.15, -0.1) is 0 Å². The van der Waals surface area contributed by atoms with Gasteiger partial charge in [-0.3, -0.25) is 4.79 Å². The molecule has 0 aliphatic carbocycles. The van der Waals surface area contributed by atoms with E-state index in [1.807, 2.05) is 35.2 Å². The molecule has 0 saturated carbocycles. The fourth-order valence-electron chi connectivity index (χ4n) is 3.39. The third-order valence-electron chi connectivity index (χ3n) is 4.69. The summed E-state index contributed by atoms with van der Waals surface area (Å²) >= 11 is 0. The molecule has 3 heterocycles. The van der Waals surface area contributed by atoms with Crippen LogP contribution < -0.4 is 0 Å². The number of amides is 1. The van der Waals surface area contributed by atoms with E-state index in [0.29, 0.717) is 39.5 Å². The molecular formula is C23H23N3O3. The summed E-state index contributed by atoms with van der Waals surface area (Å²) in [6.07, 6.45) is 5.05. The van der Waals surface area contributed by atoms with Gasteiger partial charge in [0.15, 0.2) is 11.5 Å². The molecule has 6 nitrogen and oxygen atoms in total. The number of furan rings is 2. The van der Waals surface area contributed by atoms with E-state index in [2.05, 4.69) is 13.8 Å². The normalized spacial score (nSPS) is 11.1. The van der Waals surface area contributed by atoms with E-state index in [9.17, 15) is 4.79 Å². The van der Waals surface area contributed by atoms with Crippen molar-refractivity contribution < 1.29 is 13.6 Å². The minimum atomic E-state index is 0.0204. The van der Waals surface area contributed by atoms with Gasteiger partial charge in [0.25, 0.3) is 5.91 Å². The second-order valence-electron chi connectivity index (χ2n) is 6.87. The fraction of sp³-hybridized carbons (Fsp3) is 0.261. The third-order valence-corrected chi connectivity index (χ3v) is 4.69. The van der Waals surface area contributed by atoms with E-state index >= 15 is 0 Å². The number of aromatic nitrogens is 2. The first-order valence-corrected chi connectivity index (χ1v) is 9.90. The first-order valence-electron chi connectivity index (χ1n) is 9.90. The van der Waals surface area contributed by atoms with Crippen molar-refractivity contribution in [1.29, 1.82) is 0 Å². The third kappa shape index (κ3) is 3.78. The SMILES string of the molecule is CCCN(CCC)C(=O)c1ccc2nc(-c3ccco3)c(-c3ccco3)nc2c1. The van der Waals surface area contributed by atoms with Crippen molar-refractivity contribution in [3.8, 4) is 22.9 Å². The zero-order chi connectivity index (χ0) is 20.2. The molecule has 4 aromatic rings. The van der Waals surface area contributed by atoms with Crippen LogP contribution in [0.25, 0.3) is 33.9 Å². The molecule has 0 aliphatic rings. The van der Waals surface area contributed by atoms with Crippen LogP contribution in [0.2, 0.25) is 0 Å². The van der Waals surface area contributed by atoms with Gasteiger partial charge in [-0.1, -0.05) is 13.8 Å². The highest BCUT2D eigenvalue weighted by molar-refractivity contribution is 5.98. The lowest BCUT2D eigenvalue weighted by Gasteiger charge is -2.21. The van der Waals surface area contributed by atoms with Crippen LogP contribution in [-0.4, -0.2) is 33.9 Å². The minimum Gasteiger partial charge on any atom is -0.463 e. The molecule has 3 aromatic heterocycles. The molecule has 0 atom stereocenters. The largest absolute Gasteiger partial charge is 0.463 e. The van der Waals surface area contributed by atoms with E-state index in [-0.39, 0.29) is 5.91 Å². The second kappa shape index (κ2) is 8.31. The molecule has 1 aromatic carbocycles. The molecule has 4 rings (SSSR count). The Labute approximate surface area is 169 Å². The predicted octanol–water partition coefficient (Wildman–Crippen LogP) is 5.41. The Hall–Kier alpha value is -3.41. The number of nitrogens with zero attached hydrogens (tertiary/aromatic N) is 3. The molecule has 0 fully saturated rings. The van der Waals surface area contributed by atoms with Crippen LogP contribution >= 0.6 is 0 Å². The van der Waals surface area contributed by atoms with Crippen LogP contribution in [0, 0.1) is 0 Å². The molecule has 0 saturated heterocycles. The first kappa shape index (κ1) is 18.9. The summed E-state index contributed by atoms with van der Waals surface area (Å²) in [4.78, 5) is 24.4. The first-order chi connectivity index (χ1) is 14.2. The van der Waals surface area contributed by atoms with Crippen LogP contribution in [0.5, 0.6) is 0 Å². The smallest absolute Gasteiger partial charge is 0.253 e. The molecule has 0 spiro atoms. The number of carbonyl (C=O) groups excluding carboxylic acids is 1. The molecule has 1 amide bonds. The maximum Gasteiger partial charge on any atom is 0.253 e. The van der Waals surface area contributed by atoms with Crippen LogP contribution in [0.1, 0.15) is 37.0 Å². The molecule has 0 unspecified atom stereocenters. The van der Waals surface area contributed by atoms with Gasteiger partial charge in [0.05, 0.1) is 23.6 Å². The minimum absolute atomic E-state index is 0.0204.